The minimum atomic E-state index is -3.67. The van der Waals surface area contributed by atoms with Gasteiger partial charge in [-0.15, -0.1) is 3.77 Å². The number of hydrogen-bond donors (Lipinski definition) is 0. The van der Waals surface area contributed by atoms with Crippen LogP contribution in [0, 0.1) is 0 Å². The molecule has 108 valence electrons. The Labute approximate surface area is 124 Å². The van der Waals surface area contributed by atoms with Crippen molar-refractivity contribution in [3.63, 3.8) is 0 Å². The van der Waals surface area contributed by atoms with Crippen LogP contribution in [0.3, 0.4) is 0 Å². The summed E-state index contributed by atoms with van der Waals surface area (Å²) in [4.78, 5) is 13.2. The predicted octanol–water partition coefficient (Wildman–Crippen LogP) is 2.40. The number of nitrogens with zero attached hydrogens (tertiary/aromatic N) is 1. The first-order valence-electron chi connectivity index (χ1n) is 6.03. The second-order valence-corrected chi connectivity index (χ2v) is 7.70. The second-order valence-electron chi connectivity index (χ2n) is 4.27. The summed E-state index contributed by atoms with van der Waals surface area (Å²) >= 11 is 0. The van der Waals surface area contributed by atoms with E-state index >= 15 is 0 Å². The standard InChI is InChI=1S/C14H11NO4S2/c1-19-14(16)10-6-2-3-7-11(10)20-12-8-4-5-9-13(12)21(17,18)15-20/h2-9H,1H3. The molecule has 2 aromatic carbocycles. The van der Waals surface area contributed by atoms with Gasteiger partial charge < -0.3 is 4.74 Å². The molecule has 0 radical (unpaired) electrons. The van der Waals surface area contributed by atoms with Crippen molar-refractivity contribution < 1.29 is 17.9 Å². The maximum atomic E-state index is 12.1. The number of benzene rings is 2. The molecule has 0 N–H and O–H groups in total. The van der Waals surface area contributed by atoms with Gasteiger partial charge in [-0.1, -0.05) is 24.3 Å². The van der Waals surface area contributed by atoms with Gasteiger partial charge in [0, 0.05) is 9.79 Å². The zero-order valence-electron chi connectivity index (χ0n) is 11.0. The van der Waals surface area contributed by atoms with E-state index < -0.39 is 26.7 Å². The van der Waals surface area contributed by atoms with E-state index in [1.54, 1.807) is 42.5 Å². The molecule has 0 bridgehead atoms. The van der Waals surface area contributed by atoms with Gasteiger partial charge in [-0.2, -0.15) is 8.42 Å². The molecule has 0 aromatic heterocycles. The smallest absolute Gasteiger partial charge is 0.339 e. The lowest BCUT2D eigenvalue weighted by Crippen LogP contribution is -2.06. The van der Waals surface area contributed by atoms with E-state index in [-0.39, 0.29) is 4.90 Å². The molecule has 1 aliphatic heterocycles. The van der Waals surface area contributed by atoms with Crippen molar-refractivity contribution in [1.29, 1.82) is 0 Å². The van der Waals surface area contributed by atoms with E-state index in [1.165, 1.54) is 13.2 Å². The summed E-state index contributed by atoms with van der Waals surface area (Å²) in [6.45, 7) is 0. The number of methoxy groups -OCH3 is 1. The maximum Gasteiger partial charge on any atom is 0.339 e. The third-order valence-electron chi connectivity index (χ3n) is 3.01. The van der Waals surface area contributed by atoms with Crippen LogP contribution in [-0.2, 0) is 25.5 Å². The van der Waals surface area contributed by atoms with Crippen molar-refractivity contribution in [3.05, 3.63) is 54.1 Å². The summed E-state index contributed by atoms with van der Waals surface area (Å²) in [6, 6.07) is 13.4. The first-order chi connectivity index (χ1) is 10.0. The highest BCUT2D eigenvalue weighted by molar-refractivity contribution is 8.03. The Hall–Kier alpha value is -1.99. The van der Waals surface area contributed by atoms with E-state index in [2.05, 4.69) is 3.77 Å². The van der Waals surface area contributed by atoms with Crippen LogP contribution < -0.4 is 0 Å². The number of carbonyl (C=O) groups is 1. The van der Waals surface area contributed by atoms with Gasteiger partial charge in [0.1, 0.15) is 4.90 Å². The van der Waals surface area contributed by atoms with Gasteiger partial charge in [0.2, 0.25) is 0 Å². The lowest BCUT2D eigenvalue weighted by atomic mass is 10.2. The summed E-state index contributed by atoms with van der Waals surface area (Å²) < 4.78 is 32.9. The molecule has 0 amide bonds. The quantitative estimate of drug-likeness (QED) is 0.796. The van der Waals surface area contributed by atoms with E-state index in [9.17, 15) is 13.2 Å². The molecule has 1 aliphatic rings. The monoisotopic (exact) mass is 321 g/mol. The van der Waals surface area contributed by atoms with Gasteiger partial charge in [0.25, 0.3) is 10.0 Å². The molecule has 2 aromatic rings. The van der Waals surface area contributed by atoms with Crippen molar-refractivity contribution in [1.82, 2.24) is 0 Å². The summed E-state index contributed by atoms with van der Waals surface area (Å²) in [6.07, 6.45) is 0. The summed E-state index contributed by atoms with van der Waals surface area (Å²) in [5, 5.41) is 0. The first-order valence-corrected chi connectivity index (χ1v) is 8.65. The van der Waals surface area contributed by atoms with Gasteiger partial charge in [-0.3, -0.25) is 0 Å². The van der Waals surface area contributed by atoms with Crippen molar-refractivity contribution in [3.8, 4) is 0 Å². The number of rotatable bonds is 2. The Morgan fingerprint density at radius 3 is 2.38 bits per heavy atom. The molecule has 7 heteroatoms. The topological polar surface area (TPSA) is 72.8 Å². The largest absolute Gasteiger partial charge is 0.465 e. The van der Waals surface area contributed by atoms with Crippen molar-refractivity contribution in [2.24, 2.45) is 3.77 Å². The van der Waals surface area contributed by atoms with Gasteiger partial charge >= 0.3 is 5.97 Å². The van der Waals surface area contributed by atoms with Crippen molar-refractivity contribution in [2.45, 2.75) is 14.7 Å². The first kappa shape index (κ1) is 14.0. The Balaban J connectivity index is 2.27. The lowest BCUT2D eigenvalue weighted by Gasteiger charge is -2.08. The fourth-order valence-electron chi connectivity index (χ4n) is 2.07. The van der Waals surface area contributed by atoms with E-state index in [0.29, 0.717) is 15.4 Å². The predicted molar refractivity (Wildman–Crippen MR) is 77.7 cm³/mol. The highest BCUT2D eigenvalue weighted by Gasteiger charge is 2.30. The van der Waals surface area contributed by atoms with Crippen LogP contribution in [0.15, 0.2) is 67.0 Å². The molecule has 3 rings (SSSR count). The molecule has 1 atom stereocenters. The van der Waals surface area contributed by atoms with Gasteiger partial charge in [0.05, 0.1) is 12.7 Å². The second kappa shape index (κ2) is 5.09. The fourth-order valence-corrected chi connectivity index (χ4v) is 6.22. The van der Waals surface area contributed by atoms with E-state index in [0.717, 1.165) is 0 Å². The minimum absolute atomic E-state index is 0.202. The van der Waals surface area contributed by atoms with Crippen LogP contribution in [0.25, 0.3) is 0 Å². The van der Waals surface area contributed by atoms with E-state index in [4.69, 9.17) is 4.74 Å². The Bertz CT molecular complexity index is 872. The zero-order chi connectivity index (χ0) is 15.0. The minimum Gasteiger partial charge on any atom is -0.465 e. The third-order valence-corrected chi connectivity index (χ3v) is 6.98. The molecular weight excluding hydrogens is 310 g/mol. The van der Waals surface area contributed by atoms with Crippen molar-refractivity contribution >= 4 is 26.7 Å². The molecule has 1 unspecified atom stereocenters. The Morgan fingerprint density at radius 1 is 1.05 bits per heavy atom. The lowest BCUT2D eigenvalue weighted by molar-refractivity contribution is 0.0596. The molecular formula is C14H11NO4S2. The van der Waals surface area contributed by atoms with Gasteiger partial charge in [0.15, 0.2) is 0 Å². The molecule has 0 fully saturated rings. The average molecular weight is 321 g/mol. The number of hydrogen-bond acceptors (Lipinski definition) is 4. The van der Waals surface area contributed by atoms with Crippen LogP contribution in [0.2, 0.25) is 0 Å². The number of carbonyl (C=O) groups excluding carboxylic acids is 1. The molecule has 0 spiro atoms. The molecule has 0 saturated carbocycles. The van der Waals surface area contributed by atoms with Crippen LogP contribution in [0.4, 0.5) is 0 Å². The summed E-state index contributed by atoms with van der Waals surface area (Å²) in [5.74, 6) is -0.505. The summed E-state index contributed by atoms with van der Waals surface area (Å²) in [7, 11) is -3.41. The fraction of sp³-hybridized carbons (Fsp3) is 0.0714. The normalized spacial score (nSPS) is 18.6. The molecule has 1 heterocycles. The highest BCUT2D eigenvalue weighted by atomic mass is 32.3. The highest BCUT2D eigenvalue weighted by Crippen LogP contribution is 2.35. The molecule has 21 heavy (non-hydrogen) atoms. The van der Waals surface area contributed by atoms with Crippen LogP contribution >= 0.6 is 0 Å². The molecule has 0 saturated heterocycles. The Morgan fingerprint density at radius 2 is 1.67 bits per heavy atom. The Kier molecular flexibility index (Phi) is 3.38. The third kappa shape index (κ3) is 2.28. The van der Waals surface area contributed by atoms with Crippen molar-refractivity contribution in [2.75, 3.05) is 7.11 Å². The van der Waals surface area contributed by atoms with Gasteiger partial charge in [-0.05, 0) is 35.0 Å². The SMILES string of the molecule is COC(=O)c1ccccc1S1=NS(=O)(=O)c2ccccc21. The van der Waals surface area contributed by atoms with Crippen LogP contribution in [-0.4, -0.2) is 21.5 Å². The van der Waals surface area contributed by atoms with E-state index in [1.807, 2.05) is 0 Å². The van der Waals surface area contributed by atoms with Crippen LogP contribution in [0.1, 0.15) is 10.4 Å². The molecule has 5 nitrogen and oxygen atoms in total. The maximum absolute atomic E-state index is 12.1. The number of esters is 1. The number of sulfonamides is 1. The number of ether oxygens (including phenoxy) is 1. The van der Waals surface area contributed by atoms with Crippen LogP contribution in [0.5, 0.6) is 0 Å². The zero-order valence-corrected chi connectivity index (χ0v) is 12.6. The van der Waals surface area contributed by atoms with Gasteiger partial charge in [-0.25, -0.2) is 4.79 Å². The number of fused-ring (bicyclic) bond motifs is 1. The molecule has 0 aliphatic carbocycles. The average Bonchev–Trinajstić information content (AvgIpc) is 2.79. The summed E-state index contributed by atoms with van der Waals surface area (Å²) in [5.41, 5.74) is 0.332.